The van der Waals surface area contributed by atoms with Crippen LogP contribution in [0.15, 0.2) is 48.5 Å². The molecule has 8 N–H and O–H groups in total. The van der Waals surface area contributed by atoms with Crippen molar-refractivity contribution in [3.05, 3.63) is 54.1 Å². The molecule has 11 nitrogen and oxygen atoms in total. The third kappa shape index (κ3) is 9.45. The zero-order valence-corrected chi connectivity index (χ0v) is 19.6. The minimum absolute atomic E-state index is 0.0345. The fourth-order valence-electron chi connectivity index (χ4n) is 3.47. The van der Waals surface area contributed by atoms with E-state index in [1.165, 1.54) is 0 Å². The van der Waals surface area contributed by atoms with Gasteiger partial charge in [-0.1, -0.05) is 36.4 Å². The Kier molecular flexibility index (Phi) is 10.4. The number of amides is 3. The molecular formula is C25H30N4O7. The molecule has 0 radical (unpaired) electrons. The monoisotopic (exact) mass is 498 g/mol. The summed E-state index contributed by atoms with van der Waals surface area (Å²) in [7, 11) is 0. The van der Waals surface area contributed by atoms with Crippen molar-refractivity contribution in [1.82, 2.24) is 10.6 Å². The molecule has 0 bridgehead atoms. The third-order valence-electron chi connectivity index (χ3n) is 5.42. The van der Waals surface area contributed by atoms with E-state index in [9.17, 15) is 24.0 Å². The zero-order valence-electron chi connectivity index (χ0n) is 19.6. The second-order valence-electron chi connectivity index (χ2n) is 8.27. The number of hydrogen-bond donors (Lipinski definition) is 6. The lowest BCUT2D eigenvalue weighted by atomic mass is 10.0. The van der Waals surface area contributed by atoms with E-state index in [0.29, 0.717) is 12.1 Å². The Bertz CT molecular complexity index is 1100. The van der Waals surface area contributed by atoms with Crippen molar-refractivity contribution in [2.45, 2.75) is 50.6 Å². The van der Waals surface area contributed by atoms with E-state index in [-0.39, 0.29) is 19.3 Å². The zero-order chi connectivity index (χ0) is 26.7. The fraction of sp³-hybridized carbons (Fsp3) is 0.320. The summed E-state index contributed by atoms with van der Waals surface area (Å²) in [6, 6.07) is 12.5. The van der Waals surface area contributed by atoms with Gasteiger partial charge < -0.3 is 32.3 Å². The van der Waals surface area contributed by atoms with Crippen LogP contribution in [0.1, 0.15) is 37.7 Å². The number of primary amides is 1. The summed E-state index contributed by atoms with van der Waals surface area (Å²) in [5.74, 6) is -4.58. The standard InChI is InChI=1S/C25H30N4O7/c26-18-3-1-2-17(14-18)16-7-4-15(5-8-16)6-11-21(30)28-20(10-13-23(33)34)25(36)29-19(24(27)35)9-12-22(31)32/h1-5,7-8,14,19-20H,6,9-13,26H2,(H2,27,35)(H,28,30)(H,29,36)(H,31,32)(H,33,34)/t19-,20?/m0/s1. The van der Waals surface area contributed by atoms with E-state index in [0.717, 1.165) is 16.7 Å². The highest BCUT2D eigenvalue weighted by molar-refractivity contribution is 5.92. The number of aliphatic carboxylic acids is 2. The molecule has 0 aliphatic heterocycles. The van der Waals surface area contributed by atoms with Gasteiger partial charge in [0.15, 0.2) is 0 Å². The van der Waals surface area contributed by atoms with Crippen molar-refractivity contribution >= 4 is 35.3 Å². The second-order valence-corrected chi connectivity index (χ2v) is 8.27. The van der Waals surface area contributed by atoms with E-state index in [2.05, 4.69) is 10.6 Å². The molecule has 1 unspecified atom stereocenters. The largest absolute Gasteiger partial charge is 0.481 e. The van der Waals surface area contributed by atoms with Gasteiger partial charge in [-0.15, -0.1) is 0 Å². The number of aryl methyl sites for hydroxylation is 1. The van der Waals surface area contributed by atoms with Gasteiger partial charge >= 0.3 is 11.9 Å². The number of rotatable bonds is 14. The minimum Gasteiger partial charge on any atom is -0.481 e. The van der Waals surface area contributed by atoms with Gasteiger partial charge in [-0.25, -0.2) is 0 Å². The summed E-state index contributed by atoms with van der Waals surface area (Å²) < 4.78 is 0. The number of anilines is 1. The maximum atomic E-state index is 12.6. The van der Waals surface area contributed by atoms with Crippen LogP contribution in [0.25, 0.3) is 11.1 Å². The lowest BCUT2D eigenvalue weighted by Crippen LogP contribution is -2.53. The number of carbonyl (C=O) groups excluding carboxylic acids is 3. The van der Waals surface area contributed by atoms with Crippen molar-refractivity contribution in [2.75, 3.05) is 5.73 Å². The summed E-state index contributed by atoms with van der Waals surface area (Å²) in [5.41, 5.74) is 14.5. The molecule has 2 rings (SSSR count). The first-order valence-electron chi connectivity index (χ1n) is 11.3. The van der Waals surface area contributed by atoms with Crippen molar-refractivity contribution < 1.29 is 34.2 Å². The number of hydrogen-bond acceptors (Lipinski definition) is 6. The molecule has 2 aromatic rings. The predicted octanol–water partition coefficient (Wildman–Crippen LogP) is 1.05. The summed E-state index contributed by atoms with van der Waals surface area (Å²) in [6.07, 6.45) is -0.851. The van der Waals surface area contributed by atoms with Crippen molar-refractivity contribution in [1.29, 1.82) is 0 Å². The van der Waals surface area contributed by atoms with E-state index >= 15 is 0 Å². The second kappa shape index (κ2) is 13.5. The molecule has 192 valence electrons. The normalized spacial score (nSPS) is 12.2. The molecule has 0 fully saturated rings. The first-order valence-corrected chi connectivity index (χ1v) is 11.3. The van der Waals surface area contributed by atoms with Crippen LogP contribution in [0.3, 0.4) is 0 Å². The van der Waals surface area contributed by atoms with Gasteiger partial charge in [-0.05, 0) is 48.1 Å². The van der Waals surface area contributed by atoms with Gasteiger partial charge in [0.2, 0.25) is 17.7 Å². The Hall–Kier alpha value is -4.41. The molecular weight excluding hydrogens is 468 g/mol. The van der Waals surface area contributed by atoms with Crippen LogP contribution in [-0.2, 0) is 30.4 Å². The van der Waals surface area contributed by atoms with Gasteiger partial charge in [0.25, 0.3) is 0 Å². The number of benzene rings is 2. The quantitative estimate of drug-likeness (QED) is 0.207. The molecule has 11 heteroatoms. The summed E-state index contributed by atoms with van der Waals surface area (Å²) in [5, 5.41) is 22.6. The minimum atomic E-state index is -1.27. The van der Waals surface area contributed by atoms with Gasteiger partial charge in [-0.2, -0.15) is 0 Å². The number of nitrogen functional groups attached to an aromatic ring is 1. The van der Waals surface area contributed by atoms with Crippen LogP contribution in [0.2, 0.25) is 0 Å². The third-order valence-corrected chi connectivity index (χ3v) is 5.42. The van der Waals surface area contributed by atoms with Crippen LogP contribution in [0, 0.1) is 0 Å². The number of carboxylic acids is 2. The molecule has 0 saturated heterocycles. The predicted molar refractivity (Wildman–Crippen MR) is 131 cm³/mol. The highest BCUT2D eigenvalue weighted by atomic mass is 16.4. The molecule has 0 heterocycles. The summed E-state index contributed by atoms with van der Waals surface area (Å²) in [6.45, 7) is 0. The molecule has 36 heavy (non-hydrogen) atoms. The maximum Gasteiger partial charge on any atom is 0.303 e. The summed E-state index contributed by atoms with van der Waals surface area (Å²) >= 11 is 0. The average Bonchev–Trinajstić information content (AvgIpc) is 2.82. The Morgan fingerprint density at radius 3 is 1.94 bits per heavy atom. The number of nitrogens with one attached hydrogen (secondary N) is 2. The molecule has 0 aromatic heterocycles. The van der Waals surface area contributed by atoms with Crippen LogP contribution in [0.5, 0.6) is 0 Å². The summed E-state index contributed by atoms with van der Waals surface area (Å²) in [4.78, 5) is 58.5. The fourth-order valence-corrected chi connectivity index (χ4v) is 3.47. The van der Waals surface area contributed by atoms with E-state index in [1.807, 2.05) is 42.5 Å². The Morgan fingerprint density at radius 2 is 1.39 bits per heavy atom. The van der Waals surface area contributed by atoms with Crippen molar-refractivity contribution in [2.24, 2.45) is 5.73 Å². The van der Waals surface area contributed by atoms with Crippen LogP contribution in [-0.4, -0.2) is 52.0 Å². The van der Waals surface area contributed by atoms with Gasteiger partial charge in [0.1, 0.15) is 12.1 Å². The lowest BCUT2D eigenvalue weighted by molar-refractivity contribution is -0.139. The molecule has 0 saturated carbocycles. The van der Waals surface area contributed by atoms with E-state index in [4.69, 9.17) is 21.7 Å². The first-order chi connectivity index (χ1) is 17.0. The van der Waals surface area contributed by atoms with Crippen molar-refractivity contribution in [3.8, 4) is 11.1 Å². The van der Waals surface area contributed by atoms with Crippen molar-refractivity contribution in [3.63, 3.8) is 0 Å². The van der Waals surface area contributed by atoms with Crippen LogP contribution < -0.4 is 22.1 Å². The number of carbonyl (C=O) groups is 5. The Labute approximate surface area is 207 Å². The first kappa shape index (κ1) is 27.8. The van der Waals surface area contributed by atoms with Crippen LogP contribution in [0.4, 0.5) is 5.69 Å². The highest BCUT2D eigenvalue weighted by Gasteiger charge is 2.26. The van der Waals surface area contributed by atoms with E-state index < -0.39 is 54.6 Å². The van der Waals surface area contributed by atoms with E-state index in [1.54, 1.807) is 6.07 Å². The van der Waals surface area contributed by atoms with Gasteiger partial charge in [-0.3, -0.25) is 24.0 Å². The molecule has 2 aromatic carbocycles. The number of nitrogens with two attached hydrogens (primary N) is 2. The Morgan fingerprint density at radius 1 is 0.778 bits per heavy atom. The molecule has 0 spiro atoms. The smallest absolute Gasteiger partial charge is 0.303 e. The average molecular weight is 499 g/mol. The maximum absolute atomic E-state index is 12.6. The molecule has 3 amide bonds. The van der Waals surface area contributed by atoms with Crippen LogP contribution >= 0.6 is 0 Å². The topological polar surface area (TPSA) is 202 Å². The van der Waals surface area contributed by atoms with Gasteiger partial charge in [0, 0.05) is 24.9 Å². The SMILES string of the molecule is NC(=O)[C@H](CCC(=O)O)NC(=O)C(CCC(=O)O)NC(=O)CCc1ccc(-c2cccc(N)c2)cc1. The molecule has 2 atom stereocenters. The number of carboxylic acid groups (broad SMARTS) is 2. The molecule has 0 aliphatic rings. The molecule has 0 aliphatic carbocycles. The Balaban J connectivity index is 1.98. The highest BCUT2D eigenvalue weighted by Crippen LogP contribution is 2.22. The van der Waals surface area contributed by atoms with Gasteiger partial charge in [0.05, 0.1) is 0 Å². The lowest BCUT2D eigenvalue weighted by Gasteiger charge is -2.21.